The number of nitrogens with two attached hydrogens (primary N) is 1. The third-order valence-corrected chi connectivity index (χ3v) is 5.34. The van der Waals surface area contributed by atoms with Gasteiger partial charge in [0.25, 0.3) is 0 Å². The van der Waals surface area contributed by atoms with Crippen LogP contribution in [-0.2, 0) is 4.74 Å². The zero-order valence-electron chi connectivity index (χ0n) is 16.3. The number of carbonyl (C=O) groups excluding carboxylic acids is 1. The van der Waals surface area contributed by atoms with Crippen molar-refractivity contribution in [2.24, 2.45) is 0 Å². The van der Waals surface area contributed by atoms with Crippen molar-refractivity contribution in [3.63, 3.8) is 0 Å². The number of nitrogens with zero attached hydrogens (tertiary/aromatic N) is 1. The number of carbonyl (C=O) groups is 1. The Morgan fingerprint density at radius 3 is 2.50 bits per heavy atom. The van der Waals surface area contributed by atoms with Crippen LogP contribution in [0.15, 0.2) is 66.9 Å². The fraction of sp³-hybridized carbons (Fsp3) is 0.167. The first kappa shape index (κ1) is 20.0. The summed E-state index contributed by atoms with van der Waals surface area (Å²) in [6.45, 7) is 0.765. The number of anilines is 1. The number of alkyl carbamates (subject to hydrolysis) is 1. The van der Waals surface area contributed by atoms with Crippen LogP contribution in [-0.4, -0.2) is 24.2 Å². The maximum Gasteiger partial charge on any atom is 0.407 e. The van der Waals surface area contributed by atoms with Crippen molar-refractivity contribution in [1.82, 2.24) is 10.3 Å². The van der Waals surface area contributed by atoms with E-state index in [9.17, 15) is 4.79 Å². The summed E-state index contributed by atoms with van der Waals surface area (Å²) in [5.74, 6) is 0.474. The van der Waals surface area contributed by atoms with Crippen molar-refractivity contribution in [3.05, 3.63) is 88.6 Å². The number of benzene rings is 2. The van der Waals surface area contributed by atoms with Crippen molar-refractivity contribution in [1.29, 1.82) is 0 Å². The number of pyridine rings is 1. The van der Waals surface area contributed by atoms with Crippen LogP contribution in [0.2, 0.25) is 5.02 Å². The van der Waals surface area contributed by atoms with Gasteiger partial charge in [-0.2, -0.15) is 0 Å². The number of aromatic nitrogens is 1. The molecule has 0 spiro atoms. The second kappa shape index (κ2) is 9.01. The van der Waals surface area contributed by atoms with Gasteiger partial charge in [0.1, 0.15) is 12.4 Å². The SMILES string of the molecule is Nc1ncc(Cl)cc1C=CCCNC(=O)OCC1c2ccccc2-c2ccccc21. The highest BCUT2D eigenvalue weighted by Crippen LogP contribution is 2.44. The summed E-state index contributed by atoms with van der Waals surface area (Å²) < 4.78 is 5.52. The van der Waals surface area contributed by atoms with Gasteiger partial charge in [0.05, 0.1) is 5.02 Å². The number of amides is 1. The predicted octanol–water partition coefficient (Wildman–Crippen LogP) is 5.26. The molecule has 0 radical (unpaired) electrons. The molecule has 0 unspecified atom stereocenters. The van der Waals surface area contributed by atoms with Crippen molar-refractivity contribution in [2.45, 2.75) is 12.3 Å². The summed E-state index contributed by atoms with van der Waals surface area (Å²) in [5, 5.41) is 3.31. The first-order chi connectivity index (χ1) is 14.6. The monoisotopic (exact) mass is 419 g/mol. The van der Waals surface area contributed by atoms with E-state index in [-0.39, 0.29) is 5.92 Å². The second-order valence-electron chi connectivity index (χ2n) is 7.07. The van der Waals surface area contributed by atoms with Crippen LogP contribution in [0.5, 0.6) is 0 Å². The molecule has 4 rings (SSSR count). The fourth-order valence-electron chi connectivity index (χ4n) is 3.72. The summed E-state index contributed by atoms with van der Waals surface area (Å²) in [6.07, 6.45) is 5.47. The molecular weight excluding hydrogens is 398 g/mol. The minimum absolute atomic E-state index is 0.0568. The highest BCUT2D eigenvalue weighted by atomic mass is 35.5. The van der Waals surface area contributed by atoms with E-state index >= 15 is 0 Å². The summed E-state index contributed by atoms with van der Waals surface area (Å²) in [4.78, 5) is 16.2. The molecule has 3 N–H and O–H groups in total. The maximum absolute atomic E-state index is 12.2. The average molecular weight is 420 g/mol. The molecule has 2 aromatic carbocycles. The number of fused-ring (bicyclic) bond motifs is 3. The van der Waals surface area contributed by atoms with Gasteiger partial charge in [-0.1, -0.05) is 72.3 Å². The van der Waals surface area contributed by atoms with Gasteiger partial charge in [-0.05, 0) is 34.7 Å². The van der Waals surface area contributed by atoms with Gasteiger partial charge >= 0.3 is 6.09 Å². The number of halogens is 1. The third-order valence-electron chi connectivity index (χ3n) is 5.14. The van der Waals surface area contributed by atoms with E-state index in [4.69, 9.17) is 22.1 Å². The zero-order chi connectivity index (χ0) is 20.9. The molecule has 1 amide bonds. The largest absolute Gasteiger partial charge is 0.449 e. The van der Waals surface area contributed by atoms with E-state index in [2.05, 4.69) is 34.6 Å². The van der Waals surface area contributed by atoms with Crippen molar-refractivity contribution in [3.8, 4) is 11.1 Å². The molecule has 0 saturated heterocycles. The molecule has 0 aliphatic heterocycles. The standard InChI is InChI=1S/C24H22ClN3O2/c25-17-13-16(23(26)28-14-17)7-5-6-12-27-24(29)30-15-22-20-10-3-1-8-18(20)19-9-2-4-11-21(19)22/h1-5,7-11,13-14,22H,6,12,15H2,(H2,26,28)(H,27,29). The van der Waals surface area contributed by atoms with Gasteiger partial charge in [-0.3, -0.25) is 0 Å². The molecule has 0 saturated carbocycles. The van der Waals surface area contributed by atoms with Gasteiger partial charge in [-0.15, -0.1) is 0 Å². The Morgan fingerprint density at radius 1 is 1.13 bits per heavy atom. The molecule has 6 heteroatoms. The van der Waals surface area contributed by atoms with E-state index in [0.717, 1.165) is 5.56 Å². The number of hydrogen-bond donors (Lipinski definition) is 2. The van der Waals surface area contributed by atoms with Gasteiger partial charge in [0.15, 0.2) is 0 Å². The molecule has 1 aromatic heterocycles. The molecule has 30 heavy (non-hydrogen) atoms. The minimum Gasteiger partial charge on any atom is -0.449 e. The van der Waals surface area contributed by atoms with Gasteiger partial charge in [-0.25, -0.2) is 9.78 Å². The predicted molar refractivity (Wildman–Crippen MR) is 120 cm³/mol. The quantitative estimate of drug-likeness (QED) is 0.534. The molecule has 0 atom stereocenters. The van der Waals surface area contributed by atoms with Crippen LogP contribution in [0.25, 0.3) is 17.2 Å². The highest BCUT2D eigenvalue weighted by Gasteiger charge is 2.28. The van der Waals surface area contributed by atoms with Crippen LogP contribution in [0.3, 0.4) is 0 Å². The summed E-state index contributed by atoms with van der Waals surface area (Å²) >= 11 is 5.92. The van der Waals surface area contributed by atoms with E-state index in [0.29, 0.717) is 30.4 Å². The van der Waals surface area contributed by atoms with E-state index in [1.165, 1.54) is 28.5 Å². The Bertz CT molecular complexity index is 1050. The van der Waals surface area contributed by atoms with Crippen LogP contribution in [0.1, 0.15) is 29.0 Å². The van der Waals surface area contributed by atoms with Gasteiger partial charge in [0, 0.05) is 24.2 Å². The molecule has 1 aliphatic carbocycles. The molecule has 1 aliphatic rings. The lowest BCUT2D eigenvalue weighted by Gasteiger charge is -2.14. The van der Waals surface area contributed by atoms with Crippen LogP contribution in [0, 0.1) is 0 Å². The molecule has 0 fully saturated rings. The Hall–Kier alpha value is -3.31. The van der Waals surface area contributed by atoms with Crippen LogP contribution in [0.4, 0.5) is 10.6 Å². The zero-order valence-corrected chi connectivity index (χ0v) is 17.1. The molecule has 152 valence electrons. The topological polar surface area (TPSA) is 77.2 Å². The number of nitrogens with one attached hydrogen (secondary N) is 1. The Balaban J connectivity index is 1.28. The Kier molecular flexibility index (Phi) is 6.00. The van der Waals surface area contributed by atoms with E-state index in [1.807, 2.05) is 36.4 Å². The number of rotatable bonds is 6. The molecule has 0 bridgehead atoms. The van der Waals surface area contributed by atoms with Crippen LogP contribution < -0.4 is 11.1 Å². The van der Waals surface area contributed by atoms with Crippen molar-refractivity contribution >= 4 is 29.6 Å². The summed E-state index contributed by atoms with van der Waals surface area (Å²) in [7, 11) is 0. The third kappa shape index (κ3) is 4.31. The fourth-order valence-corrected chi connectivity index (χ4v) is 3.88. The molecule has 3 aromatic rings. The second-order valence-corrected chi connectivity index (χ2v) is 7.51. The number of ether oxygens (including phenoxy) is 1. The normalized spacial score (nSPS) is 12.6. The summed E-state index contributed by atoms with van der Waals surface area (Å²) in [6, 6.07) is 18.3. The molecule has 1 heterocycles. The van der Waals surface area contributed by atoms with Gasteiger partial charge in [0.2, 0.25) is 0 Å². The highest BCUT2D eigenvalue weighted by molar-refractivity contribution is 6.30. The first-order valence-electron chi connectivity index (χ1n) is 9.80. The van der Waals surface area contributed by atoms with E-state index in [1.54, 1.807) is 6.07 Å². The van der Waals surface area contributed by atoms with Crippen molar-refractivity contribution in [2.75, 3.05) is 18.9 Å². The smallest absolute Gasteiger partial charge is 0.407 e. The summed E-state index contributed by atoms with van der Waals surface area (Å²) in [5.41, 5.74) is 11.4. The first-order valence-corrected chi connectivity index (χ1v) is 10.2. The Morgan fingerprint density at radius 2 is 1.80 bits per heavy atom. The number of hydrogen-bond acceptors (Lipinski definition) is 4. The average Bonchev–Trinajstić information content (AvgIpc) is 3.08. The molecular formula is C24H22ClN3O2. The maximum atomic E-state index is 12.2. The lowest BCUT2D eigenvalue weighted by molar-refractivity contribution is 0.143. The van der Waals surface area contributed by atoms with E-state index < -0.39 is 6.09 Å². The lowest BCUT2D eigenvalue weighted by Crippen LogP contribution is -2.26. The minimum atomic E-state index is -0.422. The van der Waals surface area contributed by atoms with Crippen LogP contribution >= 0.6 is 11.6 Å². The van der Waals surface area contributed by atoms with Gasteiger partial charge < -0.3 is 15.8 Å². The lowest BCUT2D eigenvalue weighted by atomic mass is 9.98. The van der Waals surface area contributed by atoms with Crippen molar-refractivity contribution < 1.29 is 9.53 Å². The molecule has 5 nitrogen and oxygen atoms in total. The Labute approximate surface area is 180 Å². The number of nitrogen functional groups attached to an aromatic ring is 1.